The molecule has 26 heavy (non-hydrogen) atoms. The Morgan fingerprint density at radius 2 is 1.15 bits per heavy atom. The molecular weight excluding hydrogens is 454 g/mol. The van der Waals surface area contributed by atoms with Crippen molar-refractivity contribution in [1.29, 1.82) is 0 Å². The summed E-state index contributed by atoms with van der Waals surface area (Å²) in [6, 6.07) is 30.1. The molecule has 0 spiro atoms. The number of halogens is 2. The Balaban J connectivity index is 2.11. The molecule has 132 valence electrons. The van der Waals surface area contributed by atoms with Gasteiger partial charge in [0.25, 0.3) is 0 Å². The summed E-state index contributed by atoms with van der Waals surface area (Å²) >= 11 is -2.29. The molecule has 0 fully saturated rings. The van der Waals surface area contributed by atoms with Gasteiger partial charge in [-0.05, 0) is 0 Å². The Labute approximate surface area is 164 Å². The first-order chi connectivity index (χ1) is 12.8. The molecule has 0 N–H and O–H groups in total. The fraction of sp³-hybridized carbons (Fsp3) is 0. The third-order valence-corrected chi connectivity index (χ3v) is 6.68. The molecule has 0 saturated carbocycles. The first kappa shape index (κ1) is 17.4. The van der Waals surface area contributed by atoms with E-state index in [-0.39, 0.29) is 0 Å². The van der Waals surface area contributed by atoms with E-state index in [4.69, 9.17) is 24.5 Å². The van der Waals surface area contributed by atoms with Crippen LogP contribution in [0.3, 0.4) is 0 Å². The Hall–Kier alpha value is -2.00. The SMILES string of the molecule is [Cl][Ru]([Cl])=[c]1n(-c2ccccc2)nc(-c2ccccc2)n1-c1ccccc1. The normalized spacial score (nSPS) is 11.4. The summed E-state index contributed by atoms with van der Waals surface area (Å²) < 4.78 is 4.77. The zero-order valence-electron chi connectivity index (χ0n) is 13.6. The van der Waals surface area contributed by atoms with E-state index in [9.17, 15) is 0 Å². The number of nitrogens with zero attached hydrogens (tertiary/aromatic N) is 3. The molecule has 0 saturated heterocycles. The van der Waals surface area contributed by atoms with Crippen LogP contribution in [-0.2, 0) is 13.5 Å². The molecule has 3 nitrogen and oxygen atoms in total. The van der Waals surface area contributed by atoms with Gasteiger partial charge in [0.2, 0.25) is 0 Å². The molecule has 0 amide bonds. The average molecular weight is 469 g/mol. The Morgan fingerprint density at radius 3 is 1.69 bits per heavy atom. The summed E-state index contributed by atoms with van der Waals surface area (Å²) in [7, 11) is 13.1. The third kappa shape index (κ3) is 3.33. The first-order valence-corrected chi connectivity index (χ1v) is 13.3. The van der Waals surface area contributed by atoms with Crippen molar-refractivity contribution in [2.75, 3.05) is 0 Å². The minimum atomic E-state index is -2.29. The zero-order chi connectivity index (χ0) is 17.9. The van der Waals surface area contributed by atoms with E-state index in [1.807, 2.05) is 95.7 Å². The standard InChI is InChI=1S/C20H15N3.2ClH.Ru/c1-4-10-17(11-5-1)20-21-23(19-14-8-3-9-15-19)16-22(20)18-12-6-2-7-13-18;;;/h1-15H;2*1H;/q;;;+2/p-2. The Bertz CT molecular complexity index is 1080. The third-order valence-electron chi connectivity index (χ3n) is 3.92. The van der Waals surface area contributed by atoms with Gasteiger partial charge >= 0.3 is 165 Å². The summed E-state index contributed by atoms with van der Waals surface area (Å²) in [5, 5.41) is 4.89. The van der Waals surface area contributed by atoms with Gasteiger partial charge in [-0.3, -0.25) is 0 Å². The zero-order valence-corrected chi connectivity index (χ0v) is 16.9. The van der Waals surface area contributed by atoms with Crippen molar-refractivity contribution in [3.63, 3.8) is 0 Å². The van der Waals surface area contributed by atoms with Gasteiger partial charge < -0.3 is 0 Å². The predicted molar refractivity (Wildman–Crippen MR) is 103 cm³/mol. The summed E-state index contributed by atoms with van der Waals surface area (Å²) in [4.78, 5) is 0. The second-order valence-electron chi connectivity index (χ2n) is 5.55. The molecule has 0 aliphatic heterocycles. The van der Waals surface area contributed by atoms with Crippen LogP contribution in [-0.4, -0.2) is 14.3 Å². The van der Waals surface area contributed by atoms with Gasteiger partial charge in [-0.25, -0.2) is 0 Å². The van der Waals surface area contributed by atoms with Crippen LogP contribution in [0.5, 0.6) is 0 Å². The molecule has 0 atom stereocenters. The number of hydrogen-bond acceptors (Lipinski definition) is 1. The van der Waals surface area contributed by atoms with Gasteiger partial charge in [-0.1, -0.05) is 0 Å². The quantitative estimate of drug-likeness (QED) is 0.349. The minimum absolute atomic E-state index is 0.815. The Morgan fingerprint density at radius 1 is 0.654 bits per heavy atom. The summed E-state index contributed by atoms with van der Waals surface area (Å²) in [6.07, 6.45) is 0. The number of para-hydroxylation sites is 2. The summed E-state index contributed by atoms with van der Waals surface area (Å²) in [6.45, 7) is 0. The molecule has 0 radical (unpaired) electrons. The molecule has 0 bridgehead atoms. The average Bonchev–Trinajstić information content (AvgIpc) is 3.11. The Kier molecular flexibility index (Phi) is 5.17. The maximum absolute atomic E-state index is 6.54. The molecule has 1 heterocycles. The van der Waals surface area contributed by atoms with Crippen molar-refractivity contribution >= 4 is 19.4 Å². The van der Waals surface area contributed by atoms with Crippen LogP contribution in [0.1, 0.15) is 0 Å². The van der Waals surface area contributed by atoms with Crippen LogP contribution in [0.2, 0.25) is 0 Å². The number of rotatable bonds is 3. The van der Waals surface area contributed by atoms with Crippen LogP contribution in [0.15, 0.2) is 91.0 Å². The van der Waals surface area contributed by atoms with E-state index in [1.54, 1.807) is 0 Å². The second-order valence-corrected chi connectivity index (χ2v) is 11.2. The molecule has 1 aromatic heterocycles. The molecule has 0 aliphatic rings. The topological polar surface area (TPSA) is 22.8 Å². The monoisotopic (exact) mass is 469 g/mol. The number of benzene rings is 3. The van der Waals surface area contributed by atoms with Crippen molar-refractivity contribution in [1.82, 2.24) is 14.3 Å². The van der Waals surface area contributed by atoms with Crippen LogP contribution >= 0.6 is 19.4 Å². The van der Waals surface area contributed by atoms with E-state index in [2.05, 4.69) is 4.57 Å². The van der Waals surface area contributed by atoms with Gasteiger partial charge in [0.1, 0.15) is 0 Å². The van der Waals surface area contributed by atoms with Crippen molar-refractivity contribution in [2.45, 2.75) is 0 Å². The molecule has 6 heteroatoms. The van der Waals surface area contributed by atoms with Gasteiger partial charge in [0.05, 0.1) is 0 Å². The van der Waals surface area contributed by atoms with Crippen molar-refractivity contribution < 1.29 is 13.5 Å². The van der Waals surface area contributed by atoms with Gasteiger partial charge in [0.15, 0.2) is 0 Å². The van der Waals surface area contributed by atoms with Crippen molar-refractivity contribution in [2.24, 2.45) is 0 Å². The second kappa shape index (κ2) is 7.71. The predicted octanol–water partition coefficient (Wildman–Crippen LogP) is 5.79. The van der Waals surface area contributed by atoms with Crippen LogP contribution < -0.4 is 0 Å². The fourth-order valence-corrected chi connectivity index (χ4v) is 5.45. The van der Waals surface area contributed by atoms with E-state index < -0.39 is 13.5 Å². The molecular formula is C20H15Cl2N3Ru. The van der Waals surface area contributed by atoms with Gasteiger partial charge in [-0.2, -0.15) is 0 Å². The molecule has 0 unspecified atom stereocenters. The van der Waals surface area contributed by atoms with Crippen LogP contribution in [0.4, 0.5) is 0 Å². The van der Waals surface area contributed by atoms with Crippen LogP contribution in [0, 0.1) is 4.01 Å². The van der Waals surface area contributed by atoms with Gasteiger partial charge in [-0.15, -0.1) is 0 Å². The van der Waals surface area contributed by atoms with Crippen molar-refractivity contribution in [3.8, 4) is 22.8 Å². The fourth-order valence-electron chi connectivity index (χ4n) is 2.78. The number of hydrogen-bond donors (Lipinski definition) is 0. The van der Waals surface area contributed by atoms with Gasteiger partial charge in [0, 0.05) is 0 Å². The number of aromatic nitrogens is 3. The van der Waals surface area contributed by atoms with E-state index >= 15 is 0 Å². The molecule has 4 aromatic rings. The molecule has 0 aliphatic carbocycles. The van der Waals surface area contributed by atoms with E-state index in [0.717, 1.165) is 26.8 Å². The van der Waals surface area contributed by atoms with Crippen LogP contribution in [0.25, 0.3) is 22.8 Å². The summed E-state index contributed by atoms with van der Waals surface area (Å²) in [5.41, 5.74) is 2.94. The van der Waals surface area contributed by atoms with E-state index in [0.29, 0.717) is 0 Å². The maximum atomic E-state index is 6.54. The molecule has 4 rings (SSSR count). The van der Waals surface area contributed by atoms with E-state index in [1.165, 1.54) is 0 Å². The summed E-state index contributed by atoms with van der Waals surface area (Å²) in [5.74, 6) is 0.815. The molecule has 3 aromatic carbocycles. The van der Waals surface area contributed by atoms with Crippen molar-refractivity contribution in [3.05, 3.63) is 95.0 Å². The first-order valence-electron chi connectivity index (χ1n) is 7.97.